The Bertz CT molecular complexity index is 1480. The number of nitrogens with zero attached hydrogens (tertiary/aromatic N) is 2. The molecule has 11 heteroatoms. The minimum Gasteiger partial charge on any atom is -0.366 e. The normalized spacial score (nSPS) is 29.3. The van der Waals surface area contributed by atoms with Crippen LogP contribution in [-0.2, 0) is 21.4 Å². The molecule has 4 aliphatic carbocycles. The molecule has 2 aromatic rings. The number of fused-ring (bicyclic) bond motifs is 2. The predicted molar refractivity (Wildman–Crippen MR) is 153 cm³/mol. The van der Waals surface area contributed by atoms with Crippen LogP contribution in [0.15, 0.2) is 58.4 Å². The van der Waals surface area contributed by atoms with Crippen molar-refractivity contribution in [1.82, 2.24) is 14.9 Å². The lowest BCUT2D eigenvalue weighted by atomic mass is 9.57. The van der Waals surface area contributed by atoms with E-state index in [4.69, 9.17) is 16.6 Å². The molecular weight excluding hydrogens is 570 g/mol. The summed E-state index contributed by atoms with van der Waals surface area (Å²) in [6.45, 7) is 3.81. The highest BCUT2D eigenvalue weighted by molar-refractivity contribution is 7.89. The third-order valence-electron chi connectivity index (χ3n) is 9.24. The van der Waals surface area contributed by atoms with E-state index in [1.807, 2.05) is 13.8 Å². The van der Waals surface area contributed by atoms with Crippen LogP contribution in [0.4, 0.5) is 8.78 Å². The van der Waals surface area contributed by atoms with Crippen molar-refractivity contribution < 1.29 is 22.0 Å². The topological polar surface area (TPSA) is 90.9 Å². The van der Waals surface area contributed by atoms with Gasteiger partial charge < -0.3 is 10.6 Å². The average molecular weight is 605 g/mol. The minimum atomic E-state index is -3.92. The highest BCUT2D eigenvalue weighted by atomic mass is 35.5. The van der Waals surface area contributed by atoms with Crippen molar-refractivity contribution in [3.63, 3.8) is 0 Å². The van der Waals surface area contributed by atoms with Crippen molar-refractivity contribution in [2.75, 3.05) is 6.54 Å². The summed E-state index contributed by atoms with van der Waals surface area (Å²) in [7, 11) is -3.92. The molecular formula is C30H35ClF2N4O3S. The Balaban J connectivity index is 1.28. The Morgan fingerprint density at radius 1 is 1.12 bits per heavy atom. The Hall–Kier alpha value is -2.56. The molecule has 4 fully saturated rings. The van der Waals surface area contributed by atoms with E-state index >= 15 is 0 Å². The van der Waals surface area contributed by atoms with Gasteiger partial charge >= 0.3 is 0 Å². The van der Waals surface area contributed by atoms with Crippen LogP contribution in [-0.4, -0.2) is 54.3 Å². The van der Waals surface area contributed by atoms with Gasteiger partial charge in [0.15, 0.2) is 6.04 Å². The molecule has 1 aliphatic heterocycles. The number of nitrogens with one attached hydrogen (secondary N) is 2. The van der Waals surface area contributed by atoms with Gasteiger partial charge in [-0.25, -0.2) is 17.2 Å². The molecule has 2 aromatic carbocycles. The highest BCUT2D eigenvalue weighted by Crippen LogP contribution is 2.52. The van der Waals surface area contributed by atoms with Gasteiger partial charge in [0.25, 0.3) is 0 Å². The van der Waals surface area contributed by atoms with Gasteiger partial charge in [-0.1, -0.05) is 35.9 Å². The van der Waals surface area contributed by atoms with Crippen LogP contribution >= 0.6 is 11.6 Å². The lowest BCUT2D eigenvalue weighted by Crippen LogP contribution is -2.58. The second kappa shape index (κ2) is 10.3. The zero-order valence-electron chi connectivity index (χ0n) is 23.1. The second-order valence-corrected chi connectivity index (χ2v) is 14.9. The lowest BCUT2D eigenvalue weighted by molar-refractivity contribution is -0.123. The molecule has 0 radical (unpaired) electrons. The molecule has 220 valence electrons. The quantitative estimate of drug-likeness (QED) is 0.428. The Labute approximate surface area is 244 Å². The summed E-state index contributed by atoms with van der Waals surface area (Å²) in [5.74, 6) is 0.240. The maximum absolute atomic E-state index is 14.4. The van der Waals surface area contributed by atoms with E-state index in [9.17, 15) is 22.0 Å². The average Bonchev–Trinajstić information content (AvgIpc) is 3.57. The van der Waals surface area contributed by atoms with Crippen molar-refractivity contribution in [3.05, 3.63) is 64.9 Å². The number of hydrogen-bond donors (Lipinski definition) is 2. The third-order valence-corrected chi connectivity index (χ3v) is 11.4. The summed E-state index contributed by atoms with van der Waals surface area (Å²) < 4.78 is 58.1. The fourth-order valence-electron chi connectivity index (χ4n) is 6.57. The monoisotopic (exact) mass is 604 g/mol. The second-order valence-electron chi connectivity index (χ2n) is 12.6. The predicted octanol–water partition coefficient (Wildman–Crippen LogP) is 4.85. The Kier molecular flexibility index (Phi) is 7.18. The zero-order chi connectivity index (χ0) is 29.2. The minimum absolute atomic E-state index is 0.00330. The summed E-state index contributed by atoms with van der Waals surface area (Å²) in [6, 6.07) is 11.6. The number of carbonyl (C=O) groups is 1. The van der Waals surface area contributed by atoms with Gasteiger partial charge in [0.05, 0.1) is 22.0 Å². The van der Waals surface area contributed by atoms with Crippen LogP contribution in [0, 0.1) is 23.6 Å². The molecule has 7 rings (SSSR count). The summed E-state index contributed by atoms with van der Waals surface area (Å²) >= 11 is 5.90. The third kappa shape index (κ3) is 5.50. The van der Waals surface area contributed by atoms with E-state index in [0.717, 1.165) is 12.8 Å². The number of benzene rings is 2. The maximum atomic E-state index is 14.4. The van der Waals surface area contributed by atoms with Crippen molar-refractivity contribution in [3.8, 4) is 0 Å². The molecule has 7 nitrogen and oxygen atoms in total. The van der Waals surface area contributed by atoms with E-state index in [-0.39, 0.29) is 46.8 Å². The molecule has 1 heterocycles. The number of aliphatic imine (C=N–C) groups is 1. The lowest BCUT2D eigenvalue weighted by Gasteiger charge is -2.54. The SMILES string of the molecule is CC1(C)NC(C2CC(N(Cc3ccc(Cl)c(F)c3)S(=O)(=O)c3ccccc3)C3CC2C3)=N[C@H]1C(=O)NCC1(F)CC1. The molecule has 0 spiro atoms. The molecule has 0 saturated heterocycles. The fraction of sp³-hybridized carbons (Fsp3) is 0.533. The summed E-state index contributed by atoms with van der Waals surface area (Å²) in [5, 5.41) is 6.18. The van der Waals surface area contributed by atoms with Crippen LogP contribution in [0.1, 0.15) is 51.5 Å². The van der Waals surface area contributed by atoms with Gasteiger partial charge in [-0.05, 0) is 87.6 Å². The number of carbonyl (C=O) groups excluding carboxylic acids is 1. The van der Waals surface area contributed by atoms with Crippen LogP contribution in [0.3, 0.4) is 0 Å². The standard InChI is InChI=1S/C30H35ClF2N4O3S/c1-29(2)26(28(38)34-17-30(33)10-11-30)35-27(36-29)22-15-25(20-13-19(22)14-20)37(16-18-8-9-23(31)24(32)12-18)41(39,40)21-6-4-3-5-7-21/h3-9,12,19-20,22,25-26H,10-11,13-17H2,1-2H3,(H,34,38)(H,35,36)/t19?,20?,22?,25?,26-/m0/s1. The van der Waals surface area contributed by atoms with Crippen molar-refractivity contribution in [2.45, 2.75) is 80.7 Å². The van der Waals surface area contributed by atoms with E-state index in [2.05, 4.69) is 10.6 Å². The summed E-state index contributed by atoms with van der Waals surface area (Å²) in [4.78, 5) is 18.0. The number of rotatable bonds is 9. The molecule has 2 bridgehead atoms. The zero-order valence-corrected chi connectivity index (χ0v) is 24.7. The van der Waals surface area contributed by atoms with E-state index < -0.39 is 33.1 Å². The summed E-state index contributed by atoms with van der Waals surface area (Å²) in [6.07, 6.45) is 3.14. The first-order valence-electron chi connectivity index (χ1n) is 14.2. The first-order valence-corrected chi connectivity index (χ1v) is 16.0. The van der Waals surface area contributed by atoms with Gasteiger partial charge in [-0.3, -0.25) is 9.79 Å². The number of halogens is 3. The molecule has 2 unspecified atom stereocenters. The molecule has 2 N–H and O–H groups in total. The van der Waals surface area contributed by atoms with Crippen LogP contribution in [0.5, 0.6) is 0 Å². The van der Waals surface area contributed by atoms with Gasteiger partial charge in [-0.2, -0.15) is 4.31 Å². The smallest absolute Gasteiger partial charge is 0.247 e. The number of amides is 1. The first-order chi connectivity index (χ1) is 19.4. The largest absolute Gasteiger partial charge is 0.366 e. The molecule has 4 saturated carbocycles. The highest BCUT2D eigenvalue weighted by Gasteiger charge is 2.54. The molecule has 5 aliphatic rings. The van der Waals surface area contributed by atoms with E-state index in [0.29, 0.717) is 36.6 Å². The fourth-order valence-corrected chi connectivity index (χ4v) is 8.39. The van der Waals surface area contributed by atoms with Crippen molar-refractivity contribution in [2.24, 2.45) is 22.7 Å². The van der Waals surface area contributed by atoms with Gasteiger partial charge in [-0.15, -0.1) is 0 Å². The molecule has 1 amide bonds. The number of amidine groups is 1. The van der Waals surface area contributed by atoms with Crippen molar-refractivity contribution in [1.29, 1.82) is 0 Å². The maximum Gasteiger partial charge on any atom is 0.247 e. The van der Waals surface area contributed by atoms with Gasteiger partial charge in [0.1, 0.15) is 17.3 Å². The van der Waals surface area contributed by atoms with E-state index in [1.54, 1.807) is 36.4 Å². The van der Waals surface area contributed by atoms with Crippen LogP contribution < -0.4 is 10.6 Å². The van der Waals surface area contributed by atoms with Crippen LogP contribution in [0.2, 0.25) is 5.02 Å². The van der Waals surface area contributed by atoms with Gasteiger partial charge in [0.2, 0.25) is 15.9 Å². The number of sulfonamides is 1. The van der Waals surface area contributed by atoms with Crippen LogP contribution in [0.25, 0.3) is 0 Å². The Morgan fingerprint density at radius 2 is 1.83 bits per heavy atom. The molecule has 41 heavy (non-hydrogen) atoms. The molecule has 3 atom stereocenters. The number of hydrogen-bond acceptors (Lipinski definition) is 5. The molecule has 0 aromatic heterocycles. The van der Waals surface area contributed by atoms with Gasteiger partial charge in [0, 0.05) is 18.5 Å². The Morgan fingerprint density at radius 3 is 2.49 bits per heavy atom. The first kappa shape index (κ1) is 28.6. The van der Waals surface area contributed by atoms with E-state index in [1.165, 1.54) is 16.4 Å². The summed E-state index contributed by atoms with van der Waals surface area (Å²) in [5.41, 5.74) is -1.45. The number of alkyl halides is 1. The van der Waals surface area contributed by atoms with Crippen molar-refractivity contribution >= 4 is 33.4 Å².